The van der Waals surface area contributed by atoms with E-state index >= 15 is 0 Å². The third-order valence-electron chi connectivity index (χ3n) is 9.56. The van der Waals surface area contributed by atoms with Gasteiger partial charge in [0.25, 0.3) is 0 Å². The molecule has 6 nitrogen and oxygen atoms in total. The van der Waals surface area contributed by atoms with Gasteiger partial charge in [0, 0.05) is 31.3 Å². The molecule has 32 heavy (non-hydrogen) atoms. The van der Waals surface area contributed by atoms with Crippen LogP contribution in [-0.4, -0.2) is 50.6 Å². The maximum atomic E-state index is 12.2. The van der Waals surface area contributed by atoms with Gasteiger partial charge in [0.1, 0.15) is 12.4 Å². The molecule has 1 spiro atoms. The van der Waals surface area contributed by atoms with E-state index in [1.807, 2.05) is 6.08 Å². The molecule has 5 aliphatic rings. The van der Waals surface area contributed by atoms with Crippen molar-refractivity contribution in [3.63, 3.8) is 0 Å². The molecule has 4 aliphatic carbocycles. The zero-order chi connectivity index (χ0) is 22.6. The third kappa shape index (κ3) is 3.24. The zero-order valence-corrected chi connectivity index (χ0v) is 19.6. The number of allylic oxidation sites excluding steroid dienone is 4. The summed E-state index contributed by atoms with van der Waals surface area (Å²) in [6, 6.07) is 0. The number of fused-ring (bicyclic) bond motifs is 6. The van der Waals surface area contributed by atoms with Crippen LogP contribution in [0.2, 0.25) is 0 Å². The summed E-state index contributed by atoms with van der Waals surface area (Å²) in [5.74, 6) is 1.23. The van der Waals surface area contributed by atoms with Crippen LogP contribution in [0.25, 0.3) is 0 Å². The van der Waals surface area contributed by atoms with Gasteiger partial charge in [-0.25, -0.2) is 0 Å². The van der Waals surface area contributed by atoms with Crippen molar-refractivity contribution >= 4 is 11.8 Å². The number of rotatable bonds is 6. The molecule has 1 saturated heterocycles. The van der Waals surface area contributed by atoms with Crippen LogP contribution in [-0.2, 0) is 28.5 Å². The molecule has 4 unspecified atom stereocenters. The molecule has 1 aliphatic heterocycles. The number of methoxy groups -OCH3 is 1. The Labute approximate surface area is 190 Å². The van der Waals surface area contributed by atoms with Crippen LogP contribution < -0.4 is 0 Å². The Bertz CT molecular complexity index is 847. The molecule has 7 atom stereocenters. The predicted octanol–water partition coefficient (Wildman–Crippen LogP) is 3.99. The van der Waals surface area contributed by atoms with E-state index in [0.717, 1.165) is 37.7 Å². The van der Waals surface area contributed by atoms with Crippen molar-refractivity contribution in [2.24, 2.45) is 28.6 Å². The van der Waals surface area contributed by atoms with E-state index in [9.17, 15) is 9.59 Å². The highest BCUT2D eigenvalue weighted by atomic mass is 16.7. The Hall–Kier alpha value is -1.50. The van der Waals surface area contributed by atoms with Gasteiger partial charge in [-0.15, -0.1) is 0 Å². The van der Waals surface area contributed by atoms with Gasteiger partial charge < -0.3 is 18.9 Å². The summed E-state index contributed by atoms with van der Waals surface area (Å²) in [5, 5.41) is 0. The van der Waals surface area contributed by atoms with Crippen molar-refractivity contribution in [2.75, 3.05) is 27.1 Å². The fourth-order valence-electron chi connectivity index (χ4n) is 7.87. The van der Waals surface area contributed by atoms with E-state index in [0.29, 0.717) is 37.9 Å². The van der Waals surface area contributed by atoms with E-state index in [-0.39, 0.29) is 47.0 Å². The molecular weight excluding hydrogens is 408 g/mol. The summed E-state index contributed by atoms with van der Waals surface area (Å²) in [6.07, 6.45) is 12.0. The molecular formula is C26H36O6. The number of carbonyl (C=O) groups excluding carboxylic acids is 2. The lowest BCUT2D eigenvalue weighted by atomic mass is 9.47. The van der Waals surface area contributed by atoms with Gasteiger partial charge in [-0.05, 0) is 61.0 Å². The minimum atomic E-state index is -0.369. The fourth-order valence-corrected chi connectivity index (χ4v) is 7.87. The third-order valence-corrected chi connectivity index (χ3v) is 9.56. The second kappa shape index (κ2) is 8.07. The minimum Gasteiger partial charge on any atom is -0.458 e. The maximum Gasteiger partial charge on any atom is 0.306 e. The molecule has 0 N–H and O–H groups in total. The molecule has 5 rings (SSSR count). The van der Waals surface area contributed by atoms with Crippen molar-refractivity contribution in [1.29, 1.82) is 0 Å². The molecule has 0 radical (unpaired) electrons. The molecule has 6 heteroatoms. The zero-order valence-electron chi connectivity index (χ0n) is 19.6. The highest BCUT2D eigenvalue weighted by Crippen LogP contribution is 2.69. The largest absolute Gasteiger partial charge is 0.458 e. The molecule has 0 bridgehead atoms. The topological polar surface area (TPSA) is 71.1 Å². The van der Waals surface area contributed by atoms with Crippen LogP contribution in [0.3, 0.4) is 0 Å². The molecule has 0 amide bonds. The Balaban J connectivity index is 1.49. The van der Waals surface area contributed by atoms with Gasteiger partial charge >= 0.3 is 5.97 Å². The lowest BCUT2D eigenvalue weighted by Crippen LogP contribution is -2.59. The van der Waals surface area contributed by atoms with Crippen molar-refractivity contribution in [3.05, 3.63) is 23.8 Å². The average Bonchev–Trinajstić information content (AvgIpc) is 3.28. The SMILES string of the molecule is COCCOCOC1C[C@@]2(C)C(CC[C@@]23CCC(=O)O3)C2C=CC3=CC(=O)CC[C@]3(C)C12. The second-order valence-corrected chi connectivity index (χ2v) is 10.9. The van der Waals surface area contributed by atoms with Gasteiger partial charge in [-0.1, -0.05) is 26.0 Å². The maximum absolute atomic E-state index is 12.2. The smallest absolute Gasteiger partial charge is 0.306 e. The number of hydrogen-bond donors (Lipinski definition) is 0. The van der Waals surface area contributed by atoms with Crippen molar-refractivity contribution in [3.8, 4) is 0 Å². The first-order valence-corrected chi connectivity index (χ1v) is 12.2. The van der Waals surface area contributed by atoms with Gasteiger partial charge in [-0.2, -0.15) is 0 Å². The minimum absolute atomic E-state index is 0.0235. The van der Waals surface area contributed by atoms with Crippen LogP contribution in [0.4, 0.5) is 0 Å². The second-order valence-electron chi connectivity index (χ2n) is 10.9. The summed E-state index contributed by atoms with van der Waals surface area (Å²) in [6.45, 7) is 5.90. The fraction of sp³-hybridized carbons (Fsp3) is 0.769. The molecule has 0 aromatic rings. The Morgan fingerprint density at radius 2 is 1.97 bits per heavy atom. The first kappa shape index (κ1) is 22.3. The lowest BCUT2D eigenvalue weighted by molar-refractivity contribution is -0.203. The molecule has 176 valence electrons. The Morgan fingerprint density at radius 3 is 2.72 bits per heavy atom. The first-order chi connectivity index (χ1) is 15.3. The number of esters is 1. The lowest BCUT2D eigenvalue weighted by Gasteiger charge is -2.59. The number of carbonyl (C=O) groups is 2. The summed E-state index contributed by atoms with van der Waals surface area (Å²) in [4.78, 5) is 24.4. The highest BCUT2D eigenvalue weighted by Gasteiger charge is 2.68. The molecule has 1 heterocycles. The van der Waals surface area contributed by atoms with Crippen molar-refractivity contribution in [1.82, 2.24) is 0 Å². The Kier molecular flexibility index (Phi) is 5.62. The summed E-state index contributed by atoms with van der Waals surface area (Å²) >= 11 is 0. The van der Waals surface area contributed by atoms with Gasteiger partial charge in [0.05, 0.1) is 19.3 Å². The van der Waals surface area contributed by atoms with E-state index < -0.39 is 0 Å². The number of ketones is 1. The standard InChI is InChI=1S/C26H36O6/c1-24-9-6-18(27)14-17(24)4-5-19-20-7-10-26(11-8-22(28)32-26)25(20,2)15-21(23(19)24)31-16-30-13-12-29-3/h4-5,14,19-21,23H,6-13,15-16H2,1-3H3/t19?,20?,21?,23?,24-,25-,26+/m0/s1. The van der Waals surface area contributed by atoms with E-state index in [1.165, 1.54) is 0 Å². The molecule has 0 aromatic heterocycles. The van der Waals surface area contributed by atoms with Gasteiger partial charge in [0.15, 0.2) is 5.78 Å². The first-order valence-electron chi connectivity index (χ1n) is 12.2. The molecule has 2 saturated carbocycles. The Morgan fingerprint density at radius 1 is 1.12 bits per heavy atom. The predicted molar refractivity (Wildman–Crippen MR) is 118 cm³/mol. The van der Waals surface area contributed by atoms with Crippen LogP contribution in [0.1, 0.15) is 58.8 Å². The van der Waals surface area contributed by atoms with E-state index in [1.54, 1.807) is 7.11 Å². The summed E-state index contributed by atoms with van der Waals surface area (Å²) in [7, 11) is 1.66. The number of hydrogen-bond acceptors (Lipinski definition) is 6. The van der Waals surface area contributed by atoms with Crippen LogP contribution in [0.15, 0.2) is 23.8 Å². The van der Waals surface area contributed by atoms with Crippen molar-refractivity contribution in [2.45, 2.75) is 70.5 Å². The van der Waals surface area contributed by atoms with E-state index in [4.69, 9.17) is 18.9 Å². The summed E-state index contributed by atoms with van der Waals surface area (Å²) in [5.41, 5.74) is 0.566. The van der Waals surface area contributed by atoms with E-state index in [2.05, 4.69) is 26.0 Å². The normalized spacial score (nSPS) is 44.8. The van der Waals surface area contributed by atoms with Crippen LogP contribution in [0, 0.1) is 28.6 Å². The van der Waals surface area contributed by atoms with Crippen LogP contribution >= 0.6 is 0 Å². The van der Waals surface area contributed by atoms with Gasteiger partial charge in [0.2, 0.25) is 0 Å². The molecule has 0 aromatic carbocycles. The quantitative estimate of drug-likeness (QED) is 0.351. The average molecular weight is 445 g/mol. The van der Waals surface area contributed by atoms with Crippen LogP contribution in [0.5, 0.6) is 0 Å². The molecule has 3 fully saturated rings. The highest BCUT2D eigenvalue weighted by molar-refractivity contribution is 5.92. The van der Waals surface area contributed by atoms with Gasteiger partial charge in [-0.3, -0.25) is 9.59 Å². The summed E-state index contributed by atoms with van der Waals surface area (Å²) < 4.78 is 23.4. The van der Waals surface area contributed by atoms with Crippen molar-refractivity contribution < 1.29 is 28.5 Å². The number of ether oxygens (including phenoxy) is 4. The monoisotopic (exact) mass is 444 g/mol.